The average Bonchev–Trinajstić information content (AvgIpc) is 3.00. The van der Waals surface area contributed by atoms with Crippen LogP contribution in [-0.2, 0) is 0 Å². The Bertz CT molecular complexity index is 762. The van der Waals surface area contributed by atoms with Gasteiger partial charge in [0, 0.05) is 11.3 Å². The van der Waals surface area contributed by atoms with Gasteiger partial charge >= 0.3 is 0 Å². The quantitative estimate of drug-likeness (QED) is 0.577. The Hall–Kier alpha value is -2.11. The first-order chi connectivity index (χ1) is 10.4. The van der Waals surface area contributed by atoms with Gasteiger partial charge in [-0.2, -0.15) is 0 Å². The third-order valence-corrected chi connectivity index (χ3v) is 3.77. The number of aromatic nitrogens is 2. The molecule has 0 aliphatic rings. The Labute approximate surface area is 126 Å². The molecule has 3 rings (SSSR count). The first-order valence-electron chi connectivity index (χ1n) is 6.59. The van der Waals surface area contributed by atoms with E-state index in [1.54, 1.807) is 6.08 Å². The van der Waals surface area contributed by atoms with Gasteiger partial charge in [-0.3, -0.25) is 0 Å². The summed E-state index contributed by atoms with van der Waals surface area (Å²) in [5, 5.41) is 19.6. The fraction of sp³-hybridized carbons (Fsp3) is 0.125. The smallest absolute Gasteiger partial charge is 0.277 e. The van der Waals surface area contributed by atoms with E-state index in [4.69, 9.17) is 9.52 Å². The van der Waals surface area contributed by atoms with Gasteiger partial charge in [0.25, 0.3) is 5.22 Å². The van der Waals surface area contributed by atoms with Crippen LogP contribution in [0.25, 0.3) is 22.2 Å². The van der Waals surface area contributed by atoms with Crippen molar-refractivity contribution in [3.05, 3.63) is 54.6 Å². The second-order valence-corrected chi connectivity index (χ2v) is 5.34. The van der Waals surface area contributed by atoms with Gasteiger partial charge < -0.3 is 9.52 Å². The van der Waals surface area contributed by atoms with Crippen LogP contribution in [0, 0.1) is 0 Å². The molecule has 0 amide bonds. The molecule has 0 radical (unpaired) electrons. The van der Waals surface area contributed by atoms with E-state index in [-0.39, 0.29) is 6.61 Å². The summed E-state index contributed by atoms with van der Waals surface area (Å²) < 4.78 is 5.70. The summed E-state index contributed by atoms with van der Waals surface area (Å²) in [6.45, 7) is 0.0473. The molecule has 0 atom stereocenters. The minimum atomic E-state index is 0.0473. The third-order valence-electron chi connectivity index (χ3n) is 3.00. The van der Waals surface area contributed by atoms with Crippen LogP contribution in [0.5, 0.6) is 0 Å². The summed E-state index contributed by atoms with van der Waals surface area (Å²) >= 11 is 1.44. The zero-order chi connectivity index (χ0) is 14.5. The SMILES string of the molecule is OC/C=C/CSc1nnc(-c2cccc3ccccc23)o1. The number of hydrogen-bond acceptors (Lipinski definition) is 5. The highest BCUT2D eigenvalue weighted by molar-refractivity contribution is 7.99. The molecule has 5 heteroatoms. The van der Waals surface area contributed by atoms with E-state index in [9.17, 15) is 0 Å². The fourth-order valence-electron chi connectivity index (χ4n) is 2.05. The molecule has 4 nitrogen and oxygen atoms in total. The van der Waals surface area contributed by atoms with Crippen LogP contribution >= 0.6 is 11.8 Å². The molecule has 0 fully saturated rings. The van der Waals surface area contributed by atoms with Gasteiger partial charge in [0.2, 0.25) is 5.89 Å². The summed E-state index contributed by atoms with van der Waals surface area (Å²) in [6, 6.07) is 14.1. The molecule has 0 aliphatic heterocycles. The number of benzene rings is 2. The van der Waals surface area contributed by atoms with Crippen LogP contribution in [0.1, 0.15) is 0 Å². The third kappa shape index (κ3) is 3.15. The standard InChI is InChI=1S/C16H14N2O2S/c19-10-3-4-11-21-16-18-17-15(20-16)14-9-5-7-12-6-1-2-8-13(12)14/h1-9,19H,10-11H2/b4-3+. The zero-order valence-electron chi connectivity index (χ0n) is 11.3. The van der Waals surface area contributed by atoms with E-state index in [0.717, 1.165) is 16.3 Å². The van der Waals surface area contributed by atoms with Crippen LogP contribution in [0.4, 0.5) is 0 Å². The lowest BCUT2D eigenvalue weighted by Gasteiger charge is -2.01. The molecule has 21 heavy (non-hydrogen) atoms. The summed E-state index contributed by atoms with van der Waals surface area (Å²) in [6.07, 6.45) is 3.56. The second-order valence-electron chi connectivity index (χ2n) is 4.36. The number of nitrogens with zero attached hydrogens (tertiary/aromatic N) is 2. The van der Waals surface area contributed by atoms with Crippen molar-refractivity contribution in [3.8, 4) is 11.5 Å². The number of thioether (sulfide) groups is 1. The molecule has 3 aromatic rings. The van der Waals surface area contributed by atoms with Crippen molar-refractivity contribution in [3.63, 3.8) is 0 Å². The highest BCUT2D eigenvalue weighted by Gasteiger charge is 2.11. The van der Waals surface area contributed by atoms with E-state index in [2.05, 4.69) is 22.3 Å². The Morgan fingerprint density at radius 3 is 2.81 bits per heavy atom. The largest absolute Gasteiger partial charge is 0.411 e. The van der Waals surface area contributed by atoms with Crippen molar-refractivity contribution in [2.75, 3.05) is 12.4 Å². The summed E-state index contributed by atoms with van der Waals surface area (Å²) in [4.78, 5) is 0. The molecular formula is C16H14N2O2S. The van der Waals surface area contributed by atoms with Crippen LogP contribution in [0.2, 0.25) is 0 Å². The lowest BCUT2D eigenvalue weighted by molar-refractivity contribution is 0.342. The molecule has 1 N–H and O–H groups in total. The number of aliphatic hydroxyl groups is 1. The van der Waals surface area contributed by atoms with Gasteiger partial charge in [-0.25, -0.2) is 0 Å². The fourth-order valence-corrected chi connectivity index (χ4v) is 2.66. The van der Waals surface area contributed by atoms with E-state index in [0.29, 0.717) is 16.9 Å². The average molecular weight is 298 g/mol. The van der Waals surface area contributed by atoms with Crippen LogP contribution in [-0.4, -0.2) is 27.7 Å². The van der Waals surface area contributed by atoms with Crippen molar-refractivity contribution in [2.24, 2.45) is 0 Å². The number of fused-ring (bicyclic) bond motifs is 1. The van der Waals surface area contributed by atoms with Gasteiger partial charge in [-0.05, 0) is 16.8 Å². The molecule has 106 valence electrons. The van der Waals surface area contributed by atoms with Crippen molar-refractivity contribution < 1.29 is 9.52 Å². The highest BCUT2D eigenvalue weighted by atomic mass is 32.2. The van der Waals surface area contributed by atoms with Crippen molar-refractivity contribution in [2.45, 2.75) is 5.22 Å². The van der Waals surface area contributed by atoms with Crippen LogP contribution < -0.4 is 0 Å². The Morgan fingerprint density at radius 1 is 1.05 bits per heavy atom. The van der Waals surface area contributed by atoms with Gasteiger partial charge in [-0.15, -0.1) is 10.2 Å². The Kier molecular flexibility index (Phi) is 4.33. The monoisotopic (exact) mass is 298 g/mol. The molecule has 0 saturated heterocycles. The number of rotatable bonds is 5. The van der Waals surface area contributed by atoms with Gasteiger partial charge in [0.1, 0.15) is 0 Å². The summed E-state index contributed by atoms with van der Waals surface area (Å²) in [5.41, 5.74) is 0.943. The first-order valence-corrected chi connectivity index (χ1v) is 7.57. The van der Waals surface area contributed by atoms with E-state index >= 15 is 0 Å². The minimum Gasteiger partial charge on any atom is -0.411 e. The normalized spacial score (nSPS) is 11.5. The molecule has 0 spiro atoms. The Balaban J connectivity index is 1.86. The first kappa shape index (κ1) is 13.9. The second kappa shape index (κ2) is 6.56. The maximum atomic E-state index is 8.67. The predicted molar refractivity (Wildman–Crippen MR) is 84.2 cm³/mol. The molecule has 1 heterocycles. The van der Waals surface area contributed by atoms with Crippen molar-refractivity contribution in [1.29, 1.82) is 0 Å². The molecule has 0 saturated carbocycles. The molecule has 1 aromatic heterocycles. The zero-order valence-corrected chi connectivity index (χ0v) is 12.1. The van der Waals surface area contributed by atoms with Gasteiger partial charge in [-0.1, -0.05) is 60.3 Å². The maximum Gasteiger partial charge on any atom is 0.277 e. The number of hydrogen-bond donors (Lipinski definition) is 1. The topological polar surface area (TPSA) is 59.2 Å². The van der Waals surface area contributed by atoms with Crippen molar-refractivity contribution in [1.82, 2.24) is 10.2 Å². The minimum absolute atomic E-state index is 0.0473. The van der Waals surface area contributed by atoms with Gasteiger partial charge in [0.05, 0.1) is 6.61 Å². The summed E-state index contributed by atoms with van der Waals surface area (Å²) in [7, 11) is 0. The van der Waals surface area contributed by atoms with E-state index < -0.39 is 0 Å². The predicted octanol–water partition coefficient (Wildman–Crippen LogP) is 3.53. The molecule has 2 aromatic carbocycles. The summed E-state index contributed by atoms with van der Waals surface area (Å²) in [5.74, 6) is 1.22. The highest BCUT2D eigenvalue weighted by Crippen LogP contribution is 2.29. The molecule has 0 unspecified atom stereocenters. The lowest BCUT2D eigenvalue weighted by Crippen LogP contribution is -1.80. The maximum absolute atomic E-state index is 8.67. The van der Waals surface area contributed by atoms with Crippen molar-refractivity contribution >= 4 is 22.5 Å². The lowest BCUT2D eigenvalue weighted by atomic mass is 10.0. The van der Waals surface area contributed by atoms with E-state index in [1.165, 1.54) is 11.8 Å². The molecule has 0 aliphatic carbocycles. The van der Waals surface area contributed by atoms with E-state index in [1.807, 2.05) is 36.4 Å². The van der Waals surface area contributed by atoms with Gasteiger partial charge in [0.15, 0.2) is 0 Å². The van der Waals surface area contributed by atoms with Crippen LogP contribution in [0.3, 0.4) is 0 Å². The van der Waals surface area contributed by atoms with Crippen LogP contribution in [0.15, 0.2) is 64.3 Å². The molecule has 0 bridgehead atoms. The Morgan fingerprint density at radius 2 is 1.90 bits per heavy atom. The number of aliphatic hydroxyl groups excluding tert-OH is 1. The molecular weight excluding hydrogens is 284 g/mol.